The van der Waals surface area contributed by atoms with Crippen molar-refractivity contribution in [3.8, 4) is 11.5 Å². The van der Waals surface area contributed by atoms with Gasteiger partial charge in [0, 0.05) is 18.7 Å². The maximum Gasteiger partial charge on any atom is 0.295 e. The molecule has 1 unspecified atom stereocenters. The number of aliphatic hydroxyl groups excluding tert-OH is 1. The summed E-state index contributed by atoms with van der Waals surface area (Å²) >= 11 is 0. The minimum absolute atomic E-state index is 0.0324. The molecule has 3 rings (SSSR count). The minimum atomic E-state index is -0.795. The number of amides is 1. The van der Waals surface area contributed by atoms with E-state index in [1.807, 2.05) is 38.9 Å². The second-order valence-corrected chi connectivity index (χ2v) is 8.25. The summed E-state index contributed by atoms with van der Waals surface area (Å²) in [5.74, 6) is -1.37. The molecular formula is C25H30N2O5. The third-order valence-electron chi connectivity index (χ3n) is 5.71. The van der Waals surface area contributed by atoms with Gasteiger partial charge in [0.1, 0.15) is 5.76 Å². The minimum Gasteiger partial charge on any atom is -0.507 e. The van der Waals surface area contributed by atoms with Crippen molar-refractivity contribution in [2.45, 2.75) is 26.8 Å². The Labute approximate surface area is 188 Å². The van der Waals surface area contributed by atoms with E-state index in [2.05, 4.69) is 0 Å². The number of benzene rings is 2. The third kappa shape index (κ3) is 4.48. The molecule has 1 heterocycles. The van der Waals surface area contributed by atoms with Crippen molar-refractivity contribution in [1.82, 2.24) is 9.80 Å². The van der Waals surface area contributed by atoms with Crippen molar-refractivity contribution in [2.75, 3.05) is 33.8 Å². The summed E-state index contributed by atoms with van der Waals surface area (Å²) in [7, 11) is 3.77. The number of ether oxygens (including phenoxy) is 1. The van der Waals surface area contributed by atoms with Gasteiger partial charge in [0.25, 0.3) is 11.7 Å². The van der Waals surface area contributed by atoms with Crippen LogP contribution < -0.4 is 4.74 Å². The maximum atomic E-state index is 13.1. The largest absolute Gasteiger partial charge is 0.507 e. The molecule has 32 heavy (non-hydrogen) atoms. The Kier molecular flexibility index (Phi) is 6.89. The molecule has 0 radical (unpaired) electrons. The lowest BCUT2D eigenvalue weighted by atomic mass is 9.94. The number of aliphatic hydroxyl groups is 1. The van der Waals surface area contributed by atoms with Crippen LogP contribution >= 0.6 is 0 Å². The molecule has 1 amide bonds. The van der Waals surface area contributed by atoms with Crippen LogP contribution in [-0.4, -0.2) is 65.5 Å². The lowest BCUT2D eigenvalue weighted by Gasteiger charge is -2.27. The number of aryl methyl sites for hydroxylation is 2. The molecule has 2 aromatic carbocycles. The zero-order chi connectivity index (χ0) is 23.6. The van der Waals surface area contributed by atoms with E-state index in [9.17, 15) is 19.8 Å². The number of hydrogen-bond donors (Lipinski definition) is 2. The Morgan fingerprint density at radius 3 is 2.44 bits per heavy atom. The number of phenolic OH excluding ortho intramolecular Hbond substituents is 1. The van der Waals surface area contributed by atoms with E-state index in [0.717, 1.165) is 11.1 Å². The number of carbonyl (C=O) groups excluding carboxylic acids is 2. The first-order valence-corrected chi connectivity index (χ1v) is 10.6. The zero-order valence-corrected chi connectivity index (χ0v) is 19.2. The Morgan fingerprint density at radius 2 is 1.81 bits per heavy atom. The summed E-state index contributed by atoms with van der Waals surface area (Å²) in [6, 6.07) is 9.35. The average molecular weight is 439 g/mol. The molecular weight excluding hydrogens is 408 g/mol. The molecule has 0 saturated carbocycles. The predicted octanol–water partition coefficient (Wildman–Crippen LogP) is 3.39. The molecule has 2 aromatic rings. The van der Waals surface area contributed by atoms with E-state index in [4.69, 9.17) is 4.74 Å². The molecule has 0 aliphatic carbocycles. The first-order valence-electron chi connectivity index (χ1n) is 10.6. The highest BCUT2D eigenvalue weighted by Gasteiger charge is 2.46. The highest BCUT2D eigenvalue weighted by molar-refractivity contribution is 6.46. The summed E-state index contributed by atoms with van der Waals surface area (Å²) in [6.07, 6.45) is 0. The number of carbonyl (C=O) groups is 2. The molecule has 7 nitrogen and oxygen atoms in total. The van der Waals surface area contributed by atoms with E-state index in [1.54, 1.807) is 31.2 Å². The van der Waals surface area contributed by atoms with E-state index in [-0.39, 0.29) is 22.8 Å². The number of rotatable bonds is 7. The van der Waals surface area contributed by atoms with Gasteiger partial charge in [-0.25, -0.2) is 0 Å². The number of ketones is 1. The fraction of sp³-hybridized carbons (Fsp3) is 0.360. The quantitative estimate of drug-likeness (QED) is 0.391. The van der Waals surface area contributed by atoms with Gasteiger partial charge in [-0.15, -0.1) is 0 Å². The van der Waals surface area contributed by atoms with Gasteiger partial charge >= 0.3 is 0 Å². The summed E-state index contributed by atoms with van der Waals surface area (Å²) < 4.78 is 5.51. The summed E-state index contributed by atoms with van der Waals surface area (Å²) in [5.41, 5.74) is 3.12. The average Bonchev–Trinajstić information content (AvgIpc) is 3.00. The highest BCUT2D eigenvalue weighted by atomic mass is 16.5. The Bertz CT molecular complexity index is 1070. The zero-order valence-electron chi connectivity index (χ0n) is 19.2. The number of likely N-dealkylation sites (tertiary alicyclic amines) is 1. The number of Topliss-reactive ketones (excluding diaryl/α,β-unsaturated/α-hetero) is 1. The standard InChI is InChI=1S/C25H30N2O5/c1-6-32-20-14-17(9-10-19(20)28)22-21(23(29)18-8-7-15(2)16(3)13-18)24(30)25(31)27(22)12-11-26(4)5/h7-10,13-14,22,28-29H,6,11-12H2,1-5H3/b23-21-. The van der Waals surface area contributed by atoms with Crippen LogP contribution in [-0.2, 0) is 9.59 Å². The summed E-state index contributed by atoms with van der Waals surface area (Å²) in [5, 5.41) is 21.3. The van der Waals surface area contributed by atoms with Gasteiger partial charge in [-0.2, -0.15) is 0 Å². The van der Waals surface area contributed by atoms with Gasteiger partial charge in [-0.3, -0.25) is 9.59 Å². The van der Waals surface area contributed by atoms with Crippen molar-refractivity contribution in [3.05, 3.63) is 64.2 Å². The third-order valence-corrected chi connectivity index (χ3v) is 5.71. The van der Waals surface area contributed by atoms with E-state index in [0.29, 0.717) is 30.8 Å². The number of hydrogen-bond acceptors (Lipinski definition) is 6. The van der Waals surface area contributed by atoms with Crippen LogP contribution in [0.25, 0.3) is 5.76 Å². The topological polar surface area (TPSA) is 90.3 Å². The lowest BCUT2D eigenvalue weighted by Crippen LogP contribution is -2.35. The molecule has 1 fully saturated rings. The predicted molar refractivity (Wildman–Crippen MR) is 123 cm³/mol. The van der Waals surface area contributed by atoms with Crippen molar-refractivity contribution in [2.24, 2.45) is 0 Å². The Hall–Kier alpha value is -3.32. The molecule has 0 spiro atoms. The monoisotopic (exact) mass is 438 g/mol. The maximum absolute atomic E-state index is 13.1. The van der Waals surface area contributed by atoms with Gasteiger partial charge in [-0.1, -0.05) is 18.2 Å². The van der Waals surface area contributed by atoms with Crippen LogP contribution in [0, 0.1) is 13.8 Å². The SMILES string of the molecule is CCOc1cc(C2/C(=C(/O)c3ccc(C)c(C)c3)C(=O)C(=O)N2CCN(C)C)ccc1O. The second kappa shape index (κ2) is 9.44. The molecule has 0 aromatic heterocycles. The van der Waals surface area contributed by atoms with Crippen LogP contribution in [0.1, 0.15) is 35.2 Å². The number of likely N-dealkylation sites (N-methyl/N-ethyl adjacent to an activating group) is 1. The number of nitrogens with zero attached hydrogens (tertiary/aromatic N) is 2. The first-order chi connectivity index (χ1) is 15.1. The van der Waals surface area contributed by atoms with E-state index < -0.39 is 17.7 Å². The molecule has 1 aliphatic rings. The van der Waals surface area contributed by atoms with Crippen LogP contribution in [0.4, 0.5) is 0 Å². The highest BCUT2D eigenvalue weighted by Crippen LogP contribution is 2.41. The van der Waals surface area contributed by atoms with Gasteiger partial charge < -0.3 is 24.7 Å². The van der Waals surface area contributed by atoms with Gasteiger partial charge in [0.15, 0.2) is 11.5 Å². The Balaban J connectivity index is 2.19. The van der Waals surface area contributed by atoms with Crippen molar-refractivity contribution < 1.29 is 24.5 Å². The molecule has 1 aliphatic heterocycles. The molecule has 1 saturated heterocycles. The summed E-state index contributed by atoms with van der Waals surface area (Å²) in [4.78, 5) is 29.5. The van der Waals surface area contributed by atoms with E-state index in [1.165, 1.54) is 11.0 Å². The Morgan fingerprint density at radius 1 is 1.09 bits per heavy atom. The molecule has 2 N–H and O–H groups in total. The molecule has 7 heteroatoms. The number of aromatic hydroxyl groups is 1. The first kappa shape index (κ1) is 23.3. The normalized spacial score (nSPS) is 17.9. The summed E-state index contributed by atoms with van der Waals surface area (Å²) in [6.45, 7) is 6.88. The smallest absolute Gasteiger partial charge is 0.295 e. The molecule has 1 atom stereocenters. The van der Waals surface area contributed by atoms with Gasteiger partial charge in [-0.05, 0) is 69.8 Å². The van der Waals surface area contributed by atoms with Crippen molar-refractivity contribution in [1.29, 1.82) is 0 Å². The van der Waals surface area contributed by atoms with Crippen LogP contribution in [0.5, 0.6) is 11.5 Å². The van der Waals surface area contributed by atoms with E-state index >= 15 is 0 Å². The van der Waals surface area contributed by atoms with Crippen LogP contribution in [0.3, 0.4) is 0 Å². The second-order valence-electron chi connectivity index (χ2n) is 8.25. The lowest BCUT2D eigenvalue weighted by molar-refractivity contribution is -0.140. The van der Waals surface area contributed by atoms with Crippen molar-refractivity contribution in [3.63, 3.8) is 0 Å². The van der Waals surface area contributed by atoms with Crippen LogP contribution in [0.15, 0.2) is 42.0 Å². The van der Waals surface area contributed by atoms with Crippen molar-refractivity contribution >= 4 is 17.4 Å². The fourth-order valence-electron chi connectivity index (χ4n) is 3.78. The number of phenols is 1. The van der Waals surface area contributed by atoms with Crippen LogP contribution in [0.2, 0.25) is 0 Å². The molecule has 0 bridgehead atoms. The van der Waals surface area contributed by atoms with Gasteiger partial charge in [0.2, 0.25) is 0 Å². The molecule has 170 valence electrons. The van der Waals surface area contributed by atoms with Gasteiger partial charge in [0.05, 0.1) is 18.2 Å². The fourth-order valence-corrected chi connectivity index (χ4v) is 3.78.